The minimum Gasteiger partial charge on any atom is -0.486 e. The van der Waals surface area contributed by atoms with E-state index >= 15 is 0 Å². The first-order valence-corrected chi connectivity index (χ1v) is 10.4. The second kappa shape index (κ2) is 9.43. The highest BCUT2D eigenvalue weighted by Gasteiger charge is 2.19. The monoisotopic (exact) mass is 406 g/mol. The molecule has 0 aliphatic carbocycles. The van der Waals surface area contributed by atoms with Crippen LogP contribution < -0.4 is 10.1 Å². The standard InChI is InChI=1S/C23H26N4O3/c28-22(24-13-7-15-26-14-6-12-23(26)29)16-27-20-11-5-4-10-19(20)25-21(27)17-30-18-8-2-1-3-9-18/h1-5,8-11H,6-7,12-17H2,(H,24,28). The SMILES string of the molecule is O=C(Cn1c(COc2ccccc2)nc2ccccc21)NCCCN1CCCC1=O. The summed E-state index contributed by atoms with van der Waals surface area (Å²) in [6.07, 6.45) is 2.34. The summed E-state index contributed by atoms with van der Waals surface area (Å²) >= 11 is 0. The third-order valence-electron chi connectivity index (χ3n) is 5.24. The van der Waals surface area contributed by atoms with E-state index in [2.05, 4.69) is 10.3 Å². The molecule has 7 nitrogen and oxygen atoms in total. The molecule has 1 saturated heterocycles. The van der Waals surface area contributed by atoms with Gasteiger partial charge in [-0.05, 0) is 37.1 Å². The smallest absolute Gasteiger partial charge is 0.240 e. The number of para-hydroxylation sites is 3. The molecule has 30 heavy (non-hydrogen) atoms. The predicted molar refractivity (Wildman–Crippen MR) is 114 cm³/mol. The lowest BCUT2D eigenvalue weighted by molar-refractivity contribution is -0.127. The molecule has 0 bridgehead atoms. The number of hydrogen-bond acceptors (Lipinski definition) is 4. The molecule has 0 radical (unpaired) electrons. The number of rotatable bonds is 9. The van der Waals surface area contributed by atoms with Gasteiger partial charge in [-0.25, -0.2) is 4.98 Å². The zero-order valence-corrected chi connectivity index (χ0v) is 16.9. The minimum absolute atomic E-state index is 0.0770. The molecule has 0 spiro atoms. The normalized spacial score (nSPS) is 13.7. The summed E-state index contributed by atoms with van der Waals surface area (Å²) in [6, 6.07) is 17.3. The number of fused-ring (bicyclic) bond motifs is 1. The second-order valence-electron chi connectivity index (χ2n) is 7.39. The molecule has 0 saturated carbocycles. The first kappa shape index (κ1) is 19.9. The fourth-order valence-electron chi connectivity index (χ4n) is 3.71. The van der Waals surface area contributed by atoms with Crippen LogP contribution in [0.15, 0.2) is 54.6 Å². The van der Waals surface area contributed by atoms with Crippen molar-refractivity contribution in [2.75, 3.05) is 19.6 Å². The lowest BCUT2D eigenvalue weighted by Gasteiger charge is -2.15. The van der Waals surface area contributed by atoms with Gasteiger partial charge < -0.3 is 19.5 Å². The lowest BCUT2D eigenvalue weighted by Crippen LogP contribution is -2.32. The van der Waals surface area contributed by atoms with Crippen molar-refractivity contribution >= 4 is 22.8 Å². The number of likely N-dealkylation sites (tertiary alicyclic amines) is 1. The average Bonchev–Trinajstić information content (AvgIpc) is 3.33. The van der Waals surface area contributed by atoms with Crippen molar-refractivity contribution in [2.45, 2.75) is 32.4 Å². The predicted octanol–water partition coefficient (Wildman–Crippen LogP) is 2.74. The number of carbonyl (C=O) groups excluding carboxylic acids is 2. The Balaban J connectivity index is 1.37. The lowest BCUT2D eigenvalue weighted by atomic mass is 10.3. The van der Waals surface area contributed by atoms with Crippen LogP contribution in [-0.2, 0) is 22.7 Å². The number of benzene rings is 2. The number of aromatic nitrogens is 2. The van der Waals surface area contributed by atoms with Gasteiger partial charge in [-0.2, -0.15) is 0 Å². The highest BCUT2D eigenvalue weighted by Crippen LogP contribution is 2.18. The van der Waals surface area contributed by atoms with Gasteiger partial charge in [0.2, 0.25) is 11.8 Å². The third kappa shape index (κ3) is 4.79. The van der Waals surface area contributed by atoms with Crippen LogP contribution in [0.25, 0.3) is 11.0 Å². The molecule has 2 amide bonds. The largest absolute Gasteiger partial charge is 0.486 e. The number of nitrogens with zero attached hydrogens (tertiary/aromatic N) is 3. The van der Waals surface area contributed by atoms with E-state index in [1.54, 1.807) is 0 Å². The number of ether oxygens (including phenoxy) is 1. The molecule has 1 fully saturated rings. The summed E-state index contributed by atoms with van der Waals surface area (Å²) in [5.74, 6) is 1.61. The summed E-state index contributed by atoms with van der Waals surface area (Å²) in [5, 5.41) is 2.96. The summed E-state index contributed by atoms with van der Waals surface area (Å²) in [4.78, 5) is 30.7. The summed E-state index contributed by atoms with van der Waals surface area (Å²) in [7, 11) is 0. The van der Waals surface area contributed by atoms with Crippen LogP contribution in [0.2, 0.25) is 0 Å². The van der Waals surface area contributed by atoms with Crippen LogP contribution in [0.3, 0.4) is 0 Å². The second-order valence-corrected chi connectivity index (χ2v) is 7.39. The molecule has 2 heterocycles. The average molecular weight is 406 g/mol. The van der Waals surface area contributed by atoms with Gasteiger partial charge in [0.25, 0.3) is 0 Å². The van der Waals surface area contributed by atoms with E-state index in [4.69, 9.17) is 4.74 Å². The molecule has 156 valence electrons. The number of imidazole rings is 1. The van der Waals surface area contributed by atoms with Gasteiger partial charge in [-0.3, -0.25) is 9.59 Å². The number of carbonyl (C=O) groups is 2. The first-order valence-electron chi connectivity index (χ1n) is 10.4. The molecule has 0 unspecified atom stereocenters. The van der Waals surface area contributed by atoms with Crippen LogP contribution in [-0.4, -0.2) is 45.9 Å². The van der Waals surface area contributed by atoms with Crippen molar-refractivity contribution in [2.24, 2.45) is 0 Å². The van der Waals surface area contributed by atoms with E-state index in [0.29, 0.717) is 25.3 Å². The van der Waals surface area contributed by atoms with Gasteiger partial charge in [0.15, 0.2) is 0 Å². The molecule has 3 aromatic rings. The number of amides is 2. The van der Waals surface area contributed by atoms with Gasteiger partial charge in [-0.1, -0.05) is 30.3 Å². The van der Waals surface area contributed by atoms with Crippen molar-refractivity contribution in [3.05, 3.63) is 60.4 Å². The quantitative estimate of drug-likeness (QED) is 0.555. The highest BCUT2D eigenvalue weighted by molar-refractivity contribution is 5.81. The molecule has 1 N–H and O–H groups in total. The van der Waals surface area contributed by atoms with Gasteiger partial charge in [0, 0.05) is 26.1 Å². The topological polar surface area (TPSA) is 76.5 Å². The van der Waals surface area contributed by atoms with Gasteiger partial charge in [0.1, 0.15) is 24.7 Å². The maximum Gasteiger partial charge on any atom is 0.240 e. The minimum atomic E-state index is -0.0770. The third-order valence-corrected chi connectivity index (χ3v) is 5.24. The van der Waals surface area contributed by atoms with Crippen LogP contribution in [0.5, 0.6) is 5.75 Å². The maximum absolute atomic E-state index is 12.6. The number of hydrogen-bond donors (Lipinski definition) is 1. The van der Waals surface area contributed by atoms with Crippen molar-refractivity contribution in [1.29, 1.82) is 0 Å². The molecule has 1 aromatic heterocycles. The Morgan fingerprint density at radius 3 is 2.70 bits per heavy atom. The van der Waals surface area contributed by atoms with Crippen molar-refractivity contribution < 1.29 is 14.3 Å². The Morgan fingerprint density at radius 1 is 1.10 bits per heavy atom. The van der Waals surface area contributed by atoms with Crippen LogP contribution in [0.4, 0.5) is 0 Å². The molecule has 2 aromatic carbocycles. The Morgan fingerprint density at radius 2 is 1.90 bits per heavy atom. The summed E-state index contributed by atoms with van der Waals surface area (Å²) in [5.41, 5.74) is 1.74. The molecule has 1 aliphatic heterocycles. The fourth-order valence-corrected chi connectivity index (χ4v) is 3.71. The molecule has 4 rings (SSSR count). The van der Waals surface area contributed by atoms with E-state index in [-0.39, 0.29) is 25.0 Å². The van der Waals surface area contributed by atoms with Crippen LogP contribution in [0.1, 0.15) is 25.1 Å². The highest BCUT2D eigenvalue weighted by atomic mass is 16.5. The van der Waals surface area contributed by atoms with Gasteiger partial charge >= 0.3 is 0 Å². The molecule has 1 aliphatic rings. The van der Waals surface area contributed by atoms with E-state index in [1.165, 1.54) is 0 Å². The van der Waals surface area contributed by atoms with Crippen molar-refractivity contribution in [3.8, 4) is 5.75 Å². The summed E-state index contributed by atoms with van der Waals surface area (Å²) in [6.45, 7) is 2.53. The zero-order valence-electron chi connectivity index (χ0n) is 16.9. The summed E-state index contributed by atoms with van der Waals surface area (Å²) < 4.78 is 7.76. The van der Waals surface area contributed by atoms with E-state index in [0.717, 1.165) is 36.2 Å². The molecular formula is C23H26N4O3. The number of nitrogens with one attached hydrogen (secondary N) is 1. The first-order chi connectivity index (χ1) is 14.7. The van der Waals surface area contributed by atoms with Crippen LogP contribution >= 0.6 is 0 Å². The van der Waals surface area contributed by atoms with Gasteiger partial charge in [0.05, 0.1) is 11.0 Å². The van der Waals surface area contributed by atoms with E-state index < -0.39 is 0 Å². The maximum atomic E-state index is 12.6. The Kier molecular flexibility index (Phi) is 6.27. The van der Waals surface area contributed by atoms with E-state index in [1.807, 2.05) is 64.1 Å². The molecular weight excluding hydrogens is 380 g/mol. The van der Waals surface area contributed by atoms with Crippen LogP contribution in [0, 0.1) is 0 Å². The Labute approximate surface area is 175 Å². The van der Waals surface area contributed by atoms with Crippen molar-refractivity contribution in [1.82, 2.24) is 19.8 Å². The molecule has 0 atom stereocenters. The molecule has 7 heteroatoms. The van der Waals surface area contributed by atoms with Crippen molar-refractivity contribution in [3.63, 3.8) is 0 Å². The Bertz CT molecular complexity index is 1020. The van der Waals surface area contributed by atoms with E-state index in [9.17, 15) is 9.59 Å². The van der Waals surface area contributed by atoms with Gasteiger partial charge in [-0.15, -0.1) is 0 Å². The zero-order chi connectivity index (χ0) is 20.8. The fraction of sp³-hybridized carbons (Fsp3) is 0.348. The Hall–Kier alpha value is -3.35.